The van der Waals surface area contributed by atoms with Crippen LogP contribution in [0.5, 0.6) is 5.75 Å². The minimum Gasteiger partial charge on any atom is -0.479 e. The molecule has 138 valence electrons. The lowest BCUT2D eigenvalue weighted by atomic mass is 10.3. The summed E-state index contributed by atoms with van der Waals surface area (Å²) in [5, 5.41) is 3.53. The van der Waals surface area contributed by atoms with Crippen LogP contribution in [0.15, 0.2) is 46.9 Å². The molecule has 1 unspecified atom stereocenters. The number of para-hydroxylation sites is 1. The van der Waals surface area contributed by atoms with Gasteiger partial charge in [0.2, 0.25) is 5.91 Å². The molecule has 0 radical (unpaired) electrons. The Morgan fingerprint density at radius 1 is 1.23 bits per heavy atom. The number of benzene rings is 2. The number of likely N-dealkylation sites (N-methyl/N-ethyl adjacent to an activating group) is 1. The Kier molecular flexibility index (Phi) is 7.32. The quantitative estimate of drug-likeness (QED) is 0.685. The predicted octanol–water partition coefficient (Wildman–Crippen LogP) is 4.62. The number of nitrogens with zero attached hydrogens (tertiary/aromatic N) is 1. The summed E-state index contributed by atoms with van der Waals surface area (Å²) < 4.78 is 6.34. The van der Waals surface area contributed by atoms with E-state index in [0.717, 1.165) is 4.47 Å². The lowest BCUT2D eigenvalue weighted by Crippen LogP contribution is -2.42. The minimum absolute atomic E-state index is 0.109. The molecule has 2 aromatic rings. The summed E-state index contributed by atoms with van der Waals surface area (Å²) in [6.45, 7) is 1.48. The van der Waals surface area contributed by atoms with E-state index in [0.29, 0.717) is 21.5 Å². The van der Waals surface area contributed by atoms with Crippen LogP contribution in [-0.4, -0.2) is 36.4 Å². The zero-order valence-corrected chi connectivity index (χ0v) is 17.2. The van der Waals surface area contributed by atoms with Crippen LogP contribution in [0.25, 0.3) is 0 Å². The second kappa shape index (κ2) is 9.26. The smallest absolute Gasteiger partial charge is 0.263 e. The molecule has 0 aliphatic heterocycles. The molecule has 8 heteroatoms. The van der Waals surface area contributed by atoms with Crippen LogP contribution in [0.1, 0.15) is 6.92 Å². The second-order valence-electron chi connectivity index (χ2n) is 5.56. The Morgan fingerprint density at radius 2 is 1.92 bits per heavy atom. The van der Waals surface area contributed by atoms with Crippen LogP contribution in [0, 0.1) is 0 Å². The number of hydrogen-bond donors (Lipinski definition) is 1. The van der Waals surface area contributed by atoms with Crippen molar-refractivity contribution in [3.8, 4) is 5.75 Å². The molecule has 0 fully saturated rings. The highest BCUT2D eigenvalue weighted by molar-refractivity contribution is 9.10. The van der Waals surface area contributed by atoms with Gasteiger partial charge in [0.25, 0.3) is 5.91 Å². The van der Waals surface area contributed by atoms with Gasteiger partial charge in [0.1, 0.15) is 5.75 Å². The van der Waals surface area contributed by atoms with Crippen molar-refractivity contribution in [3.05, 3.63) is 57.0 Å². The van der Waals surface area contributed by atoms with Crippen LogP contribution < -0.4 is 10.1 Å². The largest absolute Gasteiger partial charge is 0.479 e. The van der Waals surface area contributed by atoms with Gasteiger partial charge < -0.3 is 15.0 Å². The molecule has 0 spiro atoms. The van der Waals surface area contributed by atoms with Crippen molar-refractivity contribution in [3.63, 3.8) is 0 Å². The summed E-state index contributed by atoms with van der Waals surface area (Å²) in [4.78, 5) is 25.9. The van der Waals surface area contributed by atoms with Gasteiger partial charge in [-0.2, -0.15) is 0 Å². The molecular formula is C18H17BrCl2N2O3. The molecule has 1 atom stereocenters. The molecule has 2 rings (SSSR count). The van der Waals surface area contributed by atoms with Crippen molar-refractivity contribution < 1.29 is 14.3 Å². The monoisotopic (exact) mass is 458 g/mol. The van der Waals surface area contributed by atoms with Gasteiger partial charge in [0.05, 0.1) is 17.3 Å². The van der Waals surface area contributed by atoms with Crippen LogP contribution in [0.3, 0.4) is 0 Å². The molecule has 0 saturated carbocycles. The second-order valence-corrected chi connectivity index (χ2v) is 7.26. The summed E-state index contributed by atoms with van der Waals surface area (Å²) in [5.41, 5.74) is 0.635. The maximum Gasteiger partial charge on any atom is 0.263 e. The first-order valence-corrected chi connectivity index (χ1v) is 9.24. The van der Waals surface area contributed by atoms with Crippen molar-refractivity contribution >= 4 is 56.6 Å². The predicted molar refractivity (Wildman–Crippen MR) is 107 cm³/mol. The number of halogens is 3. The van der Waals surface area contributed by atoms with E-state index in [-0.39, 0.29) is 18.4 Å². The fourth-order valence-corrected chi connectivity index (χ4v) is 3.00. The van der Waals surface area contributed by atoms with Gasteiger partial charge in [-0.25, -0.2) is 0 Å². The Bertz CT molecular complexity index is 817. The maximum atomic E-state index is 12.4. The van der Waals surface area contributed by atoms with E-state index in [4.69, 9.17) is 27.9 Å². The molecule has 2 amide bonds. The summed E-state index contributed by atoms with van der Waals surface area (Å²) >= 11 is 15.2. The van der Waals surface area contributed by atoms with Crippen LogP contribution in [-0.2, 0) is 9.59 Å². The normalized spacial score (nSPS) is 11.6. The number of carbonyl (C=O) groups excluding carboxylic acids is 2. The van der Waals surface area contributed by atoms with E-state index >= 15 is 0 Å². The number of rotatable bonds is 6. The lowest BCUT2D eigenvalue weighted by Gasteiger charge is -2.22. The molecule has 0 heterocycles. The highest BCUT2D eigenvalue weighted by atomic mass is 79.9. The molecule has 1 N–H and O–H groups in total. The van der Waals surface area contributed by atoms with E-state index in [9.17, 15) is 9.59 Å². The standard InChI is InChI=1S/C18H17BrCl2N2O3/c1-11(26-16-8-7-12(20)9-14(16)21)18(25)23(2)10-17(24)22-15-6-4-3-5-13(15)19/h3-9,11H,10H2,1-2H3,(H,22,24). The van der Waals surface area contributed by atoms with Crippen molar-refractivity contribution in [2.24, 2.45) is 0 Å². The summed E-state index contributed by atoms with van der Waals surface area (Å²) in [5.74, 6) is -0.314. The fraction of sp³-hybridized carbons (Fsp3) is 0.222. The number of nitrogens with one attached hydrogen (secondary N) is 1. The van der Waals surface area contributed by atoms with Gasteiger partial charge in [-0.15, -0.1) is 0 Å². The van der Waals surface area contributed by atoms with Gasteiger partial charge in [-0.1, -0.05) is 35.3 Å². The van der Waals surface area contributed by atoms with Gasteiger partial charge in [0.15, 0.2) is 6.10 Å². The van der Waals surface area contributed by atoms with Crippen LogP contribution >= 0.6 is 39.1 Å². The number of anilines is 1. The molecule has 26 heavy (non-hydrogen) atoms. The first-order valence-electron chi connectivity index (χ1n) is 7.69. The third-order valence-corrected chi connectivity index (χ3v) is 4.67. The topological polar surface area (TPSA) is 58.6 Å². The van der Waals surface area contributed by atoms with Gasteiger partial charge in [-0.3, -0.25) is 9.59 Å². The van der Waals surface area contributed by atoms with E-state index < -0.39 is 6.10 Å². The van der Waals surface area contributed by atoms with E-state index in [2.05, 4.69) is 21.2 Å². The lowest BCUT2D eigenvalue weighted by molar-refractivity contribution is -0.139. The van der Waals surface area contributed by atoms with E-state index in [1.807, 2.05) is 12.1 Å². The maximum absolute atomic E-state index is 12.4. The Labute approximate surface area is 170 Å². The van der Waals surface area contributed by atoms with E-state index in [1.165, 1.54) is 18.0 Å². The highest BCUT2D eigenvalue weighted by Crippen LogP contribution is 2.28. The number of carbonyl (C=O) groups is 2. The molecule has 0 aliphatic rings. The molecule has 2 aromatic carbocycles. The number of ether oxygens (including phenoxy) is 1. The Balaban J connectivity index is 1.93. The van der Waals surface area contributed by atoms with Crippen molar-refractivity contribution in [2.75, 3.05) is 18.9 Å². The zero-order valence-electron chi connectivity index (χ0n) is 14.1. The zero-order chi connectivity index (χ0) is 19.3. The average molecular weight is 460 g/mol. The van der Waals surface area contributed by atoms with Crippen LogP contribution in [0.2, 0.25) is 10.0 Å². The summed E-state index contributed by atoms with van der Waals surface area (Å²) in [7, 11) is 1.53. The Morgan fingerprint density at radius 3 is 2.58 bits per heavy atom. The van der Waals surface area contributed by atoms with Gasteiger partial charge in [0, 0.05) is 16.5 Å². The number of amides is 2. The number of hydrogen-bond acceptors (Lipinski definition) is 3. The first-order chi connectivity index (χ1) is 12.3. The van der Waals surface area contributed by atoms with Crippen molar-refractivity contribution in [2.45, 2.75) is 13.0 Å². The molecule has 0 aromatic heterocycles. The summed E-state index contributed by atoms with van der Waals surface area (Å²) in [6, 6.07) is 12.0. The molecule has 0 saturated heterocycles. The molecular weight excluding hydrogens is 443 g/mol. The average Bonchev–Trinajstić information content (AvgIpc) is 2.58. The SMILES string of the molecule is CC(Oc1ccc(Cl)cc1Cl)C(=O)N(C)CC(=O)Nc1ccccc1Br. The molecule has 5 nitrogen and oxygen atoms in total. The molecule has 0 bridgehead atoms. The fourth-order valence-electron chi connectivity index (χ4n) is 2.17. The first kappa shape index (κ1) is 20.6. The van der Waals surface area contributed by atoms with Crippen molar-refractivity contribution in [1.29, 1.82) is 0 Å². The van der Waals surface area contributed by atoms with E-state index in [1.54, 1.807) is 31.2 Å². The van der Waals surface area contributed by atoms with Gasteiger partial charge >= 0.3 is 0 Å². The minimum atomic E-state index is -0.810. The molecule has 0 aliphatic carbocycles. The summed E-state index contributed by atoms with van der Waals surface area (Å²) in [6.07, 6.45) is -0.810. The van der Waals surface area contributed by atoms with Crippen molar-refractivity contribution in [1.82, 2.24) is 4.90 Å². The van der Waals surface area contributed by atoms with Crippen LogP contribution in [0.4, 0.5) is 5.69 Å². The Hall–Kier alpha value is -1.76. The third-order valence-electron chi connectivity index (χ3n) is 3.45. The van der Waals surface area contributed by atoms with Gasteiger partial charge in [-0.05, 0) is 53.2 Å². The highest BCUT2D eigenvalue weighted by Gasteiger charge is 2.22. The third kappa shape index (κ3) is 5.62.